The average molecular weight is 115 g/mol. The topological polar surface area (TPSA) is 55.1 Å². The minimum atomic E-state index is -0.606. The first-order valence-electron chi connectivity index (χ1n) is 0.920. The molecule has 0 rings (SSSR count). The standard InChI is InChI=1S/CH4N2O.Fe/c2-1(3)4;/h(H4,2,3,4);/q;+1/p-1. The molecular weight excluding hydrogens is 112 g/mol. The summed E-state index contributed by atoms with van der Waals surface area (Å²) in [6.07, 6.45) is 0. The van der Waals surface area contributed by atoms with Gasteiger partial charge in [0.25, 0.3) is 0 Å². The van der Waals surface area contributed by atoms with Crippen molar-refractivity contribution in [3.63, 3.8) is 0 Å². The number of nitrogens with two attached hydrogens (primary N) is 1. The molecule has 0 bridgehead atoms. The van der Waals surface area contributed by atoms with Crippen molar-refractivity contribution >= 4 is 6.03 Å². The summed E-state index contributed by atoms with van der Waals surface area (Å²) in [6.45, 7) is 0. The second-order valence-electron chi connectivity index (χ2n) is 0.453. The molecule has 2 amide bonds. The van der Waals surface area contributed by atoms with Crippen LogP contribution in [0.2, 0.25) is 0 Å². The summed E-state index contributed by atoms with van der Waals surface area (Å²) >= 11 is 2.96. The van der Waals surface area contributed by atoms with E-state index in [0.29, 0.717) is 0 Å². The Morgan fingerprint density at radius 2 is 2.20 bits per heavy atom. The summed E-state index contributed by atoms with van der Waals surface area (Å²) in [5.41, 5.74) is 4.48. The molecule has 0 aliphatic heterocycles. The molecule has 0 aromatic heterocycles. The summed E-state index contributed by atoms with van der Waals surface area (Å²) in [4.78, 5) is 9.42. The number of rotatable bonds is 0. The van der Waals surface area contributed by atoms with Gasteiger partial charge in [0.1, 0.15) is 0 Å². The van der Waals surface area contributed by atoms with E-state index in [1.165, 1.54) is 0 Å². The van der Waals surface area contributed by atoms with Crippen LogP contribution < -0.4 is 10.1 Å². The Labute approximate surface area is 37.9 Å². The van der Waals surface area contributed by atoms with E-state index in [1.54, 1.807) is 0 Å². The van der Waals surface area contributed by atoms with Crippen molar-refractivity contribution in [3.8, 4) is 0 Å². The van der Waals surface area contributed by atoms with Crippen LogP contribution in [-0.2, 0) is 16.2 Å². The molecule has 0 saturated carbocycles. The maximum atomic E-state index is 9.42. The van der Waals surface area contributed by atoms with Crippen molar-refractivity contribution in [2.75, 3.05) is 0 Å². The van der Waals surface area contributed by atoms with Crippen LogP contribution in [0.25, 0.3) is 0 Å². The summed E-state index contributed by atoms with van der Waals surface area (Å²) in [5.74, 6) is 0. The molecule has 0 fully saturated rings. The summed E-state index contributed by atoms with van der Waals surface area (Å²) in [6, 6.07) is -0.606. The third kappa shape index (κ3) is 3.79. The van der Waals surface area contributed by atoms with Crippen LogP contribution in [-0.4, -0.2) is 6.03 Å². The predicted octanol–water partition coefficient (Wildman–Crippen LogP) is -0.883. The molecule has 0 heterocycles. The van der Waals surface area contributed by atoms with E-state index in [0.717, 1.165) is 0 Å². The van der Waals surface area contributed by atoms with Crippen LogP contribution in [0, 0.1) is 0 Å². The fourth-order valence-corrected chi connectivity index (χ4v) is 0. The molecule has 3 nitrogen and oxygen atoms in total. The normalized spacial score (nSPS) is 6.60. The second kappa shape index (κ2) is 2.05. The third-order valence-corrected chi connectivity index (χ3v) is 0.359. The van der Waals surface area contributed by atoms with Gasteiger partial charge in [0, 0.05) is 0 Å². The Balaban J connectivity index is 2.85. The van der Waals surface area contributed by atoms with Gasteiger partial charge in [0.05, 0.1) is 0 Å². The number of carbonyl (C=O) groups is 1. The van der Waals surface area contributed by atoms with E-state index in [-0.39, 0.29) is 0 Å². The Bertz CT molecular complexity index is 44.9. The number of nitrogens with one attached hydrogen (secondary N) is 1. The Morgan fingerprint density at radius 3 is 2.20 bits per heavy atom. The Hall–Kier alpha value is -0.211. The Morgan fingerprint density at radius 1 is 2.00 bits per heavy atom. The molecule has 0 spiro atoms. The molecule has 0 aliphatic rings. The van der Waals surface area contributed by atoms with Crippen LogP contribution in [0.5, 0.6) is 0 Å². The molecule has 0 saturated heterocycles. The van der Waals surface area contributed by atoms with Gasteiger partial charge in [-0.3, -0.25) is 0 Å². The van der Waals surface area contributed by atoms with Crippen LogP contribution in [0.1, 0.15) is 0 Å². The van der Waals surface area contributed by atoms with Gasteiger partial charge in [-0.05, 0) is 0 Å². The van der Waals surface area contributed by atoms with Crippen LogP contribution in [0.4, 0.5) is 4.79 Å². The molecule has 4 heteroatoms. The molecule has 0 atom stereocenters. The first-order valence-corrected chi connectivity index (χ1v) is 1.47. The Kier molecular flexibility index (Phi) is 1.97. The van der Waals surface area contributed by atoms with Gasteiger partial charge in [0.2, 0.25) is 0 Å². The molecule has 0 radical (unpaired) electrons. The molecule has 0 aliphatic carbocycles. The summed E-state index contributed by atoms with van der Waals surface area (Å²) in [7, 11) is 0. The van der Waals surface area contributed by atoms with Gasteiger partial charge in [-0.25, -0.2) is 0 Å². The van der Waals surface area contributed by atoms with Gasteiger partial charge in [-0.2, -0.15) is 0 Å². The molecule has 0 unspecified atom stereocenters. The van der Waals surface area contributed by atoms with Crippen molar-refractivity contribution < 1.29 is 21.0 Å². The molecular formula is CH3FeN2O. The summed E-state index contributed by atoms with van der Waals surface area (Å²) in [5, 5.41) is 0. The number of urea groups is 1. The zero-order valence-electron chi connectivity index (χ0n) is 2.34. The van der Waals surface area contributed by atoms with Crippen molar-refractivity contribution in [1.29, 1.82) is 0 Å². The quantitative estimate of drug-likeness (QED) is 0.395. The number of amides is 2. The molecule has 0 aromatic rings. The van der Waals surface area contributed by atoms with Gasteiger partial charge < -0.3 is 0 Å². The van der Waals surface area contributed by atoms with Crippen LogP contribution >= 0.6 is 0 Å². The first kappa shape index (κ1) is 4.79. The number of carbonyl (C=O) groups excluding carboxylic acids is 1. The third-order valence-electron chi connectivity index (χ3n) is 0.0871. The molecule has 5 heavy (non-hydrogen) atoms. The summed E-state index contributed by atoms with van der Waals surface area (Å²) < 4.78 is 1.92. The maximum absolute atomic E-state index is 9.42. The number of primary amides is 1. The molecule has 0 aromatic carbocycles. The molecule has 3 N–H and O–H groups in total. The van der Waals surface area contributed by atoms with E-state index in [2.05, 4.69) is 22.0 Å². The van der Waals surface area contributed by atoms with Gasteiger partial charge in [-0.1, -0.05) is 0 Å². The number of hydrogen-bond acceptors (Lipinski definition) is 1. The van der Waals surface area contributed by atoms with E-state index >= 15 is 0 Å². The molecule has 31 valence electrons. The van der Waals surface area contributed by atoms with Crippen molar-refractivity contribution in [2.45, 2.75) is 0 Å². The SMILES string of the molecule is NC(=O)[NH][Fe]. The van der Waals surface area contributed by atoms with Gasteiger partial charge >= 0.3 is 37.1 Å². The van der Waals surface area contributed by atoms with Gasteiger partial charge in [-0.15, -0.1) is 0 Å². The van der Waals surface area contributed by atoms with E-state index in [4.69, 9.17) is 0 Å². The zero-order valence-corrected chi connectivity index (χ0v) is 3.44. The monoisotopic (exact) mass is 115 g/mol. The predicted molar refractivity (Wildman–Crippen MR) is 12.7 cm³/mol. The van der Waals surface area contributed by atoms with Crippen molar-refractivity contribution in [1.82, 2.24) is 4.33 Å². The van der Waals surface area contributed by atoms with Crippen molar-refractivity contribution in [3.05, 3.63) is 0 Å². The van der Waals surface area contributed by atoms with Crippen LogP contribution in [0.15, 0.2) is 0 Å². The number of hydrogen-bond donors (Lipinski definition) is 2. The minimum absolute atomic E-state index is 0.606. The van der Waals surface area contributed by atoms with E-state index in [1.807, 2.05) is 4.33 Å². The second-order valence-corrected chi connectivity index (χ2v) is 0.729. The average Bonchev–Trinajstić information content (AvgIpc) is 1.38. The van der Waals surface area contributed by atoms with Crippen LogP contribution in [0.3, 0.4) is 0 Å². The van der Waals surface area contributed by atoms with E-state index < -0.39 is 6.03 Å². The van der Waals surface area contributed by atoms with E-state index in [9.17, 15) is 4.79 Å². The fraction of sp³-hybridized carbons (Fsp3) is 0. The first-order chi connectivity index (χ1) is 2.27. The van der Waals surface area contributed by atoms with Gasteiger partial charge in [0.15, 0.2) is 0 Å². The zero-order chi connectivity index (χ0) is 4.28. The fourth-order valence-electron chi connectivity index (χ4n) is 0. The van der Waals surface area contributed by atoms with Crippen molar-refractivity contribution in [2.24, 2.45) is 5.73 Å².